The van der Waals surface area contributed by atoms with E-state index in [-0.39, 0.29) is 17.9 Å². The number of ether oxygens (including phenoxy) is 1. The van der Waals surface area contributed by atoms with Crippen molar-refractivity contribution in [3.05, 3.63) is 47.7 Å². The third kappa shape index (κ3) is 5.58. The van der Waals surface area contributed by atoms with Gasteiger partial charge in [0, 0.05) is 26.2 Å². The molecular formula is C20H29N3O2. The number of rotatable bonds is 7. The van der Waals surface area contributed by atoms with Gasteiger partial charge in [-0.25, -0.2) is 0 Å². The second-order valence-corrected chi connectivity index (χ2v) is 7.13. The van der Waals surface area contributed by atoms with Crippen LogP contribution in [0.4, 0.5) is 0 Å². The highest BCUT2D eigenvalue weighted by Crippen LogP contribution is 2.19. The Kier molecular flexibility index (Phi) is 6.48. The van der Waals surface area contributed by atoms with Gasteiger partial charge in [0.2, 0.25) is 5.91 Å². The smallest absolute Gasteiger partial charge is 0.221 e. The van der Waals surface area contributed by atoms with Gasteiger partial charge in [-0.3, -0.25) is 9.69 Å². The number of benzene rings is 1. The molecule has 5 nitrogen and oxygen atoms in total. The van der Waals surface area contributed by atoms with Crippen molar-refractivity contribution < 1.29 is 9.53 Å². The van der Waals surface area contributed by atoms with E-state index >= 15 is 0 Å². The number of piperidine rings is 1. The number of carbonyl (C=O) groups excluding carboxylic acids is 1. The third-order valence-electron chi connectivity index (χ3n) is 5.03. The van der Waals surface area contributed by atoms with E-state index < -0.39 is 0 Å². The summed E-state index contributed by atoms with van der Waals surface area (Å²) < 4.78 is 5.58. The minimum atomic E-state index is -0.164. The minimum Gasteiger partial charge on any atom is -0.497 e. The van der Waals surface area contributed by atoms with Gasteiger partial charge < -0.3 is 15.8 Å². The number of hydrogen-bond donors (Lipinski definition) is 2. The second kappa shape index (κ2) is 9.02. The van der Waals surface area contributed by atoms with Crippen molar-refractivity contribution in [2.24, 2.45) is 11.7 Å². The average Bonchev–Trinajstić information content (AvgIpc) is 2.63. The topological polar surface area (TPSA) is 67.6 Å². The lowest BCUT2D eigenvalue weighted by atomic mass is 9.97. The van der Waals surface area contributed by atoms with E-state index in [1.807, 2.05) is 6.26 Å². The minimum absolute atomic E-state index is 0.00291. The lowest BCUT2D eigenvalue weighted by Crippen LogP contribution is -2.40. The molecule has 1 aromatic rings. The molecule has 2 heterocycles. The van der Waals surface area contributed by atoms with Crippen LogP contribution in [0.2, 0.25) is 0 Å². The molecule has 25 heavy (non-hydrogen) atoms. The van der Waals surface area contributed by atoms with Gasteiger partial charge >= 0.3 is 0 Å². The molecule has 0 aromatic heterocycles. The van der Waals surface area contributed by atoms with E-state index in [2.05, 4.69) is 40.6 Å². The van der Waals surface area contributed by atoms with Crippen LogP contribution in [0.3, 0.4) is 0 Å². The molecule has 136 valence electrons. The molecule has 0 aliphatic carbocycles. The van der Waals surface area contributed by atoms with E-state index in [0.717, 1.165) is 58.4 Å². The van der Waals surface area contributed by atoms with Gasteiger partial charge in [0.05, 0.1) is 12.2 Å². The standard InChI is InChI=1S/C20H29N3O2/c21-20(24)18-7-4-9-23(15-18)14-17-6-3-5-16(11-17)12-22-13-19-8-1-2-10-25-19/h2-3,5-6,10-11,18-19,22H,1,4,7-9,12-15H2,(H2,21,24)/t18-,19+/m1/s1. The van der Waals surface area contributed by atoms with Crippen LogP contribution in [0.5, 0.6) is 0 Å². The number of primary amides is 1. The van der Waals surface area contributed by atoms with Crippen LogP contribution in [0.25, 0.3) is 0 Å². The van der Waals surface area contributed by atoms with Crippen LogP contribution in [0, 0.1) is 5.92 Å². The predicted molar refractivity (Wildman–Crippen MR) is 98.6 cm³/mol. The lowest BCUT2D eigenvalue weighted by Gasteiger charge is -2.31. The summed E-state index contributed by atoms with van der Waals surface area (Å²) in [5, 5.41) is 3.49. The molecule has 1 aromatic carbocycles. The zero-order chi connectivity index (χ0) is 17.5. The Bertz CT molecular complexity index is 602. The Labute approximate surface area is 150 Å². The molecule has 0 spiro atoms. The SMILES string of the molecule is NC(=O)[C@@H]1CCCN(Cc2cccc(CNC[C@@H]3CCC=CO3)c2)C1. The molecule has 3 rings (SSSR count). The van der Waals surface area contributed by atoms with E-state index in [1.165, 1.54) is 11.1 Å². The fourth-order valence-corrected chi connectivity index (χ4v) is 3.64. The monoisotopic (exact) mass is 343 g/mol. The normalized spacial score (nSPS) is 24.0. The highest BCUT2D eigenvalue weighted by Gasteiger charge is 2.23. The molecule has 3 N–H and O–H groups in total. The van der Waals surface area contributed by atoms with E-state index in [4.69, 9.17) is 10.5 Å². The molecular weight excluding hydrogens is 314 g/mol. The van der Waals surface area contributed by atoms with Crippen LogP contribution < -0.4 is 11.1 Å². The summed E-state index contributed by atoms with van der Waals surface area (Å²) in [5.74, 6) is -0.162. The zero-order valence-corrected chi connectivity index (χ0v) is 14.8. The number of carbonyl (C=O) groups is 1. The number of nitrogens with one attached hydrogen (secondary N) is 1. The van der Waals surface area contributed by atoms with E-state index in [0.29, 0.717) is 0 Å². The first kappa shape index (κ1) is 18.0. The Morgan fingerprint density at radius 3 is 3.00 bits per heavy atom. The fraction of sp³-hybridized carbons (Fsp3) is 0.550. The van der Waals surface area contributed by atoms with Gasteiger partial charge in [0.15, 0.2) is 0 Å². The van der Waals surface area contributed by atoms with Crippen LogP contribution in [0.15, 0.2) is 36.6 Å². The maximum atomic E-state index is 11.4. The van der Waals surface area contributed by atoms with Gasteiger partial charge in [-0.2, -0.15) is 0 Å². The third-order valence-corrected chi connectivity index (χ3v) is 5.03. The maximum absolute atomic E-state index is 11.4. The van der Waals surface area contributed by atoms with Gasteiger partial charge in [-0.15, -0.1) is 0 Å². The van der Waals surface area contributed by atoms with Crippen molar-refractivity contribution >= 4 is 5.91 Å². The van der Waals surface area contributed by atoms with Crippen LogP contribution >= 0.6 is 0 Å². The largest absolute Gasteiger partial charge is 0.497 e. The molecule has 1 saturated heterocycles. The highest BCUT2D eigenvalue weighted by atomic mass is 16.5. The first-order chi connectivity index (χ1) is 12.2. The number of nitrogens with two attached hydrogens (primary N) is 1. The van der Waals surface area contributed by atoms with Crippen molar-refractivity contribution in [3.8, 4) is 0 Å². The summed E-state index contributed by atoms with van der Waals surface area (Å²) in [6.07, 6.45) is 8.33. The van der Waals surface area contributed by atoms with Crippen LogP contribution in [-0.4, -0.2) is 36.5 Å². The van der Waals surface area contributed by atoms with Crippen molar-refractivity contribution in [2.45, 2.75) is 44.9 Å². The summed E-state index contributed by atoms with van der Waals surface area (Å²) in [6, 6.07) is 8.68. The van der Waals surface area contributed by atoms with Crippen molar-refractivity contribution in [2.75, 3.05) is 19.6 Å². The zero-order valence-electron chi connectivity index (χ0n) is 14.8. The van der Waals surface area contributed by atoms with Gasteiger partial charge in [-0.1, -0.05) is 24.3 Å². The Morgan fingerprint density at radius 1 is 1.32 bits per heavy atom. The number of likely N-dealkylation sites (tertiary alicyclic amines) is 1. The highest BCUT2D eigenvalue weighted by molar-refractivity contribution is 5.76. The molecule has 0 saturated carbocycles. The molecule has 1 fully saturated rings. The lowest BCUT2D eigenvalue weighted by molar-refractivity contribution is -0.123. The predicted octanol–water partition coefficient (Wildman–Crippen LogP) is 2.17. The Morgan fingerprint density at radius 2 is 2.20 bits per heavy atom. The molecule has 2 aliphatic rings. The first-order valence-electron chi connectivity index (χ1n) is 9.31. The second-order valence-electron chi connectivity index (χ2n) is 7.13. The average molecular weight is 343 g/mol. The van der Waals surface area contributed by atoms with Gasteiger partial charge in [0.25, 0.3) is 0 Å². The molecule has 0 radical (unpaired) electrons. The molecule has 1 amide bonds. The first-order valence-corrected chi connectivity index (χ1v) is 9.31. The summed E-state index contributed by atoms with van der Waals surface area (Å²) in [5.41, 5.74) is 8.05. The molecule has 0 bridgehead atoms. The Balaban J connectivity index is 1.47. The fourth-order valence-electron chi connectivity index (χ4n) is 3.64. The van der Waals surface area contributed by atoms with Gasteiger partial charge in [-0.05, 0) is 49.4 Å². The summed E-state index contributed by atoms with van der Waals surface area (Å²) in [4.78, 5) is 13.8. The number of hydrogen-bond acceptors (Lipinski definition) is 4. The summed E-state index contributed by atoms with van der Waals surface area (Å²) in [7, 11) is 0. The summed E-state index contributed by atoms with van der Waals surface area (Å²) >= 11 is 0. The number of amides is 1. The number of nitrogens with zero attached hydrogens (tertiary/aromatic N) is 1. The van der Waals surface area contributed by atoms with E-state index in [1.54, 1.807) is 0 Å². The molecule has 5 heteroatoms. The van der Waals surface area contributed by atoms with Crippen molar-refractivity contribution in [1.82, 2.24) is 10.2 Å². The maximum Gasteiger partial charge on any atom is 0.221 e. The molecule has 0 unspecified atom stereocenters. The van der Waals surface area contributed by atoms with Gasteiger partial charge in [0.1, 0.15) is 6.10 Å². The van der Waals surface area contributed by atoms with Crippen molar-refractivity contribution in [1.29, 1.82) is 0 Å². The number of allylic oxidation sites excluding steroid dienone is 1. The Hall–Kier alpha value is -1.85. The summed E-state index contributed by atoms with van der Waals surface area (Å²) in [6.45, 7) is 4.43. The van der Waals surface area contributed by atoms with Crippen molar-refractivity contribution in [3.63, 3.8) is 0 Å². The quantitative estimate of drug-likeness (QED) is 0.796. The molecule has 2 aliphatic heterocycles. The van der Waals surface area contributed by atoms with Crippen LogP contribution in [-0.2, 0) is 22.6 Å². The van der Waals surface area contributed by atoms with Crippen LogP contribution in [0.1, 0.15) is 36.8 Å². The molecule has 2 atom stereocenters. The van der Waals surface area contributed by atoms with E-state index in [9.17, 15) is 4.79 Å².